The van der Waals surface area contributed by atoms with Crippen LogP contribution < -0.4 is 9.64 Å². The first kappa shape index (κ1) is 16.4. The van der Waals surface area contributed by atoms with Gasteiger partial charge in [0.2, 0.25) is 17.6 Å². The number of nitro groups is 1. The number of amides is 2. The molecular formula is C17H14N2O7. The van der Waals surface area contributed by atoms with Crippen molar-refractivity contribution in [1.29, 1.82) is 0 Å². The summed E-state index contributed by atoms with van der Waals surface area (Å²) >= 11 is 0. The predicted octanol–water partition coefficient (Wildman–Crippen LogP) is 1.35. The lowest BCUT2D eigenvalue weighted by molar-refractivity contribution is -0.385. The van der Waals surface area contributed by atoms with Crippen molar-refractivity contribution in [3.8, 4) is 5.75 Å². The number of carbonyl (C=O) groups is 3. The lowest BCUT2D eigenvalue weighted by Crippen LogP contribution is -2.38. The molecule has 0 unspecified atom stereocenters. The Labute approximate surface area is 147 Å². The molecule has 0 aliphatic carbocycles. The fraction of sp³-hybridized carbons (Fsp3) is 0.353. The van der Waals surface area contributed by atoms with Crippen molar-refractivity contribution in [3.05, 3.63) is 40.5 Å². The lowest BCUT2D eigenvalue weighted by Gasteiger charge is -2.24. The number of nitro benzene ring substituents is 1. The van der Waals surface area contributed by atoms with E-state index in [0.29, 0.717) is 0 Å². The van der Waals surface area contributed by atoms with Crippen molar-refractivity contribution in [3.63, 3.8) is 0 Å². The molecule has 0 spiro atoms. The van der Waals surface area contributed by atoms with E-state index in [2.05, 4.69) is 0 Å². The molecule has 3 aliphatic heterocycles. The number of anilines is 1. The summed E-state index contributed by atoms with van der Waals surface area (Å²) in [4.78, 5) is 48.3. The summed E-state index contributed by atoms with van der Waals surface area (Å²) in [6.07, 6.45) is 3.07. The molecule has 9 heteroatoms. The molecule has 0 aromatic heterocycles. The minimum Gasteiger partial charge on any atom is -0.419 e. The Hall–Kier alpha value is -3.07. The van der Waals surface area contributed by atoms with Crippen LogP contribution in [0.15, 0.2) is 30.4 Å². The van der Waals surface area contributed by atoms with Crippen molar-refractivity contribution in [2.75, 3.05) is 4.90 Å². The smallest absolute Gasteiger partial charge is 0.313 e. The van der Waals surface area contributed by atoms with Gasteiger partial charge in [0, 0.05) is 13.0 Å². The third kappa shape index (κ3) is 2.10. The molecule has 134 valence electrons. The number of esters is 1. The van der Waals surface area contributed by atoms with Crippen LogP contribution in [-0.4, -0.2) is 34.4 Å². The van der Waals surface area contributed by atoms with Crippen LogP contribution in [0.1, 0.15) is 13.8 Å². The summed E-state index contributed by atoms with van der Waals surface area (Å²) in [7, 11) is 0. The number of benzene rings is 1. The molecule has 1 aromatic carbocycles. The van der Waals surface area contributed by atoms with E-state index in [-0.39, 0.29) is 11.4 Å². The van der Waals surface area contributed by atoms with Gasteiger partial charge in [-0.05, 0) is 19.1 Å². The van der Waals surface area contributed by atoms with E-state index in [1.807, 2.05) is 0 Å². The van der Waals surface area contributed by atoms with Crippen molar-refractivity contribution < 1.29 is 28.8 Å². The highest BCUT2D eigenvalue weighted by Gasteiger charge is 2.66. The lowest BCUT2D eigenvalue weighted by atomic mass is 9.78. The number of nitrogens with zero attached hydrogens (tertiary/aromatic N) is 2. The third-order valence-corrected chi connectivity index (χ3v) is 4.98. The fourth-order valence-electron chi connectivity index (χ4n) is 3.94. The number of hydrogen-bond acceptors (Lipinski definition) is 7. The van der Waals surface area contributed by atoms with Crippen molar-refractivity contribution in [1.82, 2.24) is 0 Å². The molecule has 1 aromatic rings. The fourth-order valence-corrected chi connectivity index (χ4v) is 3.94. The van der Waals surface area contributed by atoms with E-state index in [1.54, 1.807) is 19.1 Å². The summed E-state index contributed by atoms with van der Waals surface area (Å²) in [5.74, 6) is -3.16. The van der Waals surface area contributed by atoms with Crippen LogP contribution in [0.3, 0.4) is 0 Å². The highest BCUT2D eigenvalue weighted by Crippen LogP contribution is 2.52. The molecule has 26 heavy (non-hydrogen) atoms. The van der Waals surface area contributed by atoms with Gasteiger partial charge in [-0.2, -0.15) is 0 Å². The largest absolute Gasteiger partial charge is 0.419 e. The van der Waals surface area contributed by atoms with E-state index in [9.17, 15) is 24.5 Å². The van der Waals surface area contributed by atoms with Crippen molar-refractivity contribution >= 4 is 29.2 Å². The van der Waals surface area contributed by atoms with Crippen LogP contribution in [0.5, 0.6) is 5.75 Å². The summed E-state index contributed by atoms with van der Waals surface area (Å²) < 4.78 is 10.5. The maximum Gasteiger partial charge on any atom is 0.313 e. The van der Waals surface area contributed by atoms with Gasteiger partial charge in [0.1, 0.15) is 0 Å². The quantitative estimate of drug-likeness (QED) is 0.200. The summed E-state index contributed by atoms with van der Waals surface area (Å²) in [6.45, 7) is 2.87. The number of imide groups is 1. The van der Waals surface area contributed by atoms with Crippen LogP contribution in [0.25, 0.3) is 0 Å². The van der Waals surface area contributed by atoms with E-state index in [1.165, 1.54) is 12.1 Å². The Balaban J connectivity index is 1.74. The average molecular weight is 358 g/mol. The summed E-state index contributed by atoms with van der Waals surface area (Å²) in [5, 5.41) is 11.3. The SMILES string of the molecule is CC(=O)Oc1ccc(N2C(=O)[C@H]3[C@H]4C=C[C@@](C)(O4)[C@H]3C2=O)cc1[N+](=O)[O-]. The van der Waals surface area contributed by atoms with Gasteiger partial charge in [-0.25, -0.2) is 4.90 Å². The zero-order valence-electron chi connectivity index (χ0n) is 13.9. The zero-order chi connectivity index (χ0) is 18.8. The van der Waals surface area contributed by atoms with E-state index >= 15 is 0 Å². The van der Waals surface area contributed by atoms with Gasteiger partial charge in [-0.1, -0.05) is 12.2 Å². The van der Waals surface area contributed by atoms with Gasteiger partial charge >= 0.3 is 11.7 Å². The van der Waals surface area contributed by atoms with Crippen LogP contribution in [0.4, 0.5) is 11.4 Å². The van der Waals surface area contributed by atoms with Gasteiger partial charge < -0.3 is 9.47 Å². The minimum atomic E-state index is -0.847. The monoisotopic (exact) mass is 358 g/mol. The standard InChI is InChI=1S/C17H14N2O7/c1-8(20)25-11-4-3-9(7-10(11)19(23)24)18-15(21)13-12-5-6-17(2,26-12)14(13)16(18)22/h3-7,12-14H,1-2H3/t12-,13+,14-,17-/m1/s1. The Bertz CT molecular complexity index is 908. The highest BCUT2D eigenvalue weighted by atomic mass is 16.6. The van der Waals surface area contributed by atoms with Gasteiger partial charge in [0.25, 0.3) is 0 Å². The molecule has 3 heterocycles. The zero-order valence-corrected chi connectivity index (χ0v) is 13.9. The average Bonchev–Trinajstić information content (AvgIpc) is 3.16. The predicted molar refractivity (Wildman–Crippen MR) is 86.3 cm³/mol. The first-order chi connectivity index (χ1) is 12.2. The third-order valence-electron chi connectivity index (χ3n) is 4.98. The van der Waals surface area contributed by atoms with Gasteiger partial charge in [0.15, 0.2) is 0 Å². The van der Waals surface area contributed by atoms with E-state index < -0.39 is 51.9 Å². The first-order valence-electron chi connectivity index (χ1n) is 7.95. The molecule has 0 saturated carbocycles. The first-order valence-corrected chi connectivity index (χ1v) is 7.95. The topological polar surface area (TPSA) is 116 Å². The number of fused-ring (bicyclic) bond motifs is 5. The second-order valence-corrected chi connectivity index (χ2v) is 6.64. The van der Waals surface area contributed by atoms with Crippen LogP contribution in [-0.2, 0) is 19.1 Å². The number of hydrogen-bond donors (Lipinski definition) is 0. The maximum atomic E-state index is 12.9. The molecule has 0 N–H and O–H groups in total. The normalized spacial score (nSPS) is 31.5. The molecule has 0 radical (unpaired) electrons. The molecule has 4 rings (SSSR count). The summed E-state index contributed by atoms with van der Waals surface area (Å²) in [6, 6.07) is 3.61. The summed E-state index contributed by atoms with van der Waals surface area (Å²) in [5.41, 5.74) is -1.28. The molecular weight excluding hydrogens is 344 g/mol. The number of ether oxygens (including phenoxy) is 2. The van der Waals surface area contributed by atoms with Crippen LogP contribution in [0.2, 0.25) is 0 Å². The van der Waals surface area contributed by atoms with E-state index in [4.69, 9.17) is 9.47 Å². The van der Waals surface area contributed by atoms with Crippen molar-refractivity contribution in [2.24, 2.45) is 11.8 Å². The van der Waals surface area contributed by atoms with Crippen molar-refractivity contribution in [2.45, 2.75) is 25.6 Å². The van der Waals surface area contributed by atoms with E-state index in [0.717, 1.165) is 17.9 Å². The highest BCUT2D eigenvalue weighted by molar-refractivity contribution is 6.23. The molecule has 2 fully saturated rings. The van der Waals surface area contributed by atoms with Gasteiger partial charge in [-0.15, -0.1) is 0 Å². The molecule has 9 nitrogen and oxygen atoms in total. The Kier molecular flexibility index (Phi) is 3.29. The second-order valence-electron chi connectivity index (χ2n) is 6.64. The number of rotatable bonds is 3. The van der Waals surface area contributed by atoms with Gasteiger partial charge in [0.05, 0.1) is 34.2 Å². The Morgan fingerprint density at radius 2 is 2.08 bits per heavy atom. The molecule has 3 aliphatic rings. The Morgan fingerprint density at radius 3 is 2.69 bits per heavy atom. The molecule has 2 amide bonds. The molecule has 2 saturated heterocycles. The van der Waals surface area contributed by atoms with Crippen LogP contribution >= 0.6 is 0 Å². The van der Waals surface area contributed by atoms with Crippen LogP contribution in [0, 0.1) is 22.0 Å². The second kappa shape index (κ2) is 5.21. The molecule has 4 atom stereocenters. The van der Waals surface area contributed by atoms with Gasteiger partial charge in [-0.3, -0.25) is 24.5 Å². The minimum absolute atomic E-state index is 0.0694. The Morgan fingerprint density at radius 1 is 1.35 bits per heavy atom. The molecule has 2 bridgehead atoms. The number of carbonyl (C=O) groups excluding carboxylic acids is 3. The maximum absolute atomic E-state index is 12.9.